The second-order valence-electron chi connectivity index (χ2n) is 7.38. The molecule has 0 fully saturated rings. The molecule has 7 heteroatoms. The van der Waals surface area contributed by atoms with Crippen LogP contribution < -0.4 is 5.32 Å². The molecule has 154 valence electrons. The van der Waals surface area contributed by atoms with E-state index in [9.17, 15) is 19.7 Å². The first-order valence-corrected chi connectivity index (χ1v) is 9.63. The number of nitrogens with zero attached hydrogens (tertiary/aromatic N) is 2. The minimum atomic E-state index is -0.704. The topological polar surface area (TPSA) is 92.6 Å². The van der Waals surface area contributed by atoms with E-state index in [0.29, 0.717) is 12.1 Å². The molecule has 2 aromatic rings. The maximum atomic E-state index is 13.1. The fourth-order valence-electron chi connectivity index (χ4n) is 2.92. The molecule has 2 aromatic carbocycles. The van der Waals surface area contributed by atoms with Crippen molar-refractivity contribution in [1.29, 1.82) is 0 Å². The second-order valence-corrected chi connectivity index (χ2v) is 7.38. The van der Waals surface area contributed by atoms with Crippen molar-refractivity contribution < 1.29 is 14.5 Å². The quantitative estimate of drug-likeness (QED) is 0.519. The van der Waals surface area contributed by atoms with Gasteiger partial charge >= 0.3 is 0 Å². The number of para-hydroxylation sites is 1. The summed E-state index contributed by atoms with van der Waals surface area (Å²) in [6, 6.07) is 14.8. The lowest BCUT2D eigenvalue weighted by Gasteiger charge is -2.29. The van der Waals surface area contributed by atoms with E-state index in [1.54, 1.807) is 25.1 Å². The average molecular weight is 397 g/mol. The minimum Gasteiger partial charge on any atom is -0.354 e. The van der Waals surface area contributed by atoms with Gasteiger partial charge in [0.25, 0.3) is 5.69 Å². The number of hydrogen-bond donors (Lipinski definition) is 1. The number of nitro benzene ring substituents is 1. The first-order valence-electron chi connectivity index (χ1n) is 9.63. The Morgan fingerprint density at radius 2 is 1.66 bits per heavy atom. The van der Waals surface area contributed by atoms with Gasteiger partial charge in [-0.15, -0.1) is 0 Å². The summed E-state index contributed by atoms with van der Waals surface area (Å²) in [4.78, 5) is 37.9. The smallest absolute Gasteiger partial charge is 0.273 e. The minimum absolute atomic E-state index is 0.0996. The van der Waals surface area contributed by atoms with E-state index in [1.165, 1.54) is 11.0 Å². The Morgan fingerprint density at radius 3 is 2.28 bits per heavy atom. The van der Waals surface area contributed by atoms with Crippen LogP contribution in [0, 0.1) is 16.0 Å². The lowest BCUT2D eigenvalue weighted by Crippen LogP contribution is -2.48. The molecule has 1 atom stereocenters. The van der Waals surface area contributed by atoms with E-state index in [-0.39, 0.29) is 36.4 Å². The standard InChI is InChI=1S/C22H27N3O4/c1-16(2)14-23-22(27)17(3)24(15-18-9-5-4-6-10-18)21(26)13-19-11-7-8-12-20(19)25(28)29/h4-12,16-17H,13-15H2,1-3H3,(H,23,27)/t17-/m1/s1. The summed E-state index contributed by atoms with van der Waals surface area (Å²) in [5, 5.41) is 14.1. The van der Waals surface area contributed by atoms with Crippen molar-refractivity contribution in [2.75, 3.05) is 6.54 Å². The van der Waals surface area contributed by atoms with Gasteiger partial charge in [-0.2, -0.15) is 0 Å². The Kier molecular flexibility index (Phi) is 7.88. The molecule has 2 amide bonds. The number of benzene rings is 2. The van der Waals surface area contributed by atoms with Crippen molar-refractivity contribution in [3.63, 3.8) is 0 Å². The average Bonchev–Trinajstić information content (AvgIpc) is 2.70. The number of rotatable bonds is 9. The Morgan fingerprint density at radius 1 is 1.03 bits per heavy atom. The summed E-state index contributed by atoms with van der Waals surface area (Å²) in [6.07, 6.45) is -0.147. The molecule has 1 N–H and O–H groups in total. The van der Waals surface area contributed by atoms with Gasteiger partial charge in [0.15, 0.2) is 0 Å². The molecule has 0 bridgehead atoms. The van der Waals surface area contributed by atoms with Gasteiger partial charge in [-0.25, -0.2) is 0 Å². The lowest BCUT2D eigenvalue weighted by molar-refractivity contribution is -0.385. The molecule has 0 radical (unpaired) electrons. The molecular weight excluding hydrogens is 370 g/mol. The highest BCUT2D eigenvalue weighted by Gasteiger charge is 2.27. The zero-order chi connectivity index (χ0) is 21.4. The van der Waals surface area contributed by atoms with Crippen LogP contribution in [0.2, 0.25) is 0 Å². The number of carbonyl (C=O) groups is 2. The summed E-state index contributed by atoms with van der Waals surface area (Å²) in [7, 11) is 0. The fourth-order valence-corrected chi connectivity index (χ4v) is 2.92. The zero-order valence-corrected chi connectivity index (χ0v) is 17.0. The third-order valence-electron chi connectivity index (χ3n) is 4.58. The van der Waals surface area contributed by atoms with Crippen molar-refractivity contribution in [3.05, 3.63) is 75.8 Å². The van der Waals surface area contributed by atoms with Crippen LogP contribution in [0.3, 0.4) is 0 Å². The van der Waals surface area contributed by atoms with Gasteiger partial charge in [0.1, 0.15) is 6.04 Å². The number of nitrogens with one attached hydrogen (secondary N) is 1. The molecule has 29 heavy (non-hydrogen) atoms. The summed E-state index contributed by atoms with van der Waals surface area (Å²) < 4.78 is 0. The predicted octanol–water partition coefficient (Wildman–Crippen LogP) is 3.33. The highest BCUT2D eigenvalue weighted by atomic mass is 16.6. The molecule has 0 aliphatic rings. The Bertz CT molecular complexity index is 852. The Hall–Kier alpha value is -3.22. The van der Waals surface area contributed by atoms with E-state index >= 15 is 0 Å². The lowest BCUT2D eigenvalue weighted by atomic mass is 10.1. The molecule has 0 saturated heterocycles. The van der Waals surface area contributed by atoms with Gasteiger partial charge < -0.3 is 10.2 Å². The van der Waals surface area contributed by atoms with Gasteiger partial charge in [0, 0.05) is 24.7 Å². The number of amides is 2. The molecule has 0 aliphatic carbocycles. The predicted molar refractivity (Wildman–Crippen MR) is 111 cm³/mol. The summed E-state index contributed by atoms with van der Waals surface area (Å²) in [5.41, 5.74) is 1.11. The van der Waals surface area contributed by atoms with Crippen LogP contribution in [0.4, 0.5) is 5.69 Å². The summed E-state index contributed by atoms with van der Waals surface area (Å²) in [6.45, 7) is 6.42. The Balaban J connectivity index is 2.25. The summed E-state index contributed by atoms with van der Waals surface area (Å²) >= 11 is 0. The van der Waals surface area contributed by atoms with Crippen LogP contribution in [0.25, 0.3) is 0 Å². The number of carbonyl (C=O) groups excluding carboxylic acids is 2. The molecule has 0 unspecified atom stereocenters. The van der Waals surface area contributed by atoms with Crippen molar-refractivity contribution in [2.24, 2.45) is 5.92 Å². The van der Waals surface area contributed by atoms with Crippen molar-refractivity contribution in [1.82, 2.24) is 10.2 Å². The van der Waals surface area contributed by atoms with Crippen LogP contribution in [0.5, 0.6) is 0 Å². The van der Waals surface area contributed by atoms with Crippen LogP contribution in [0.15, 0.2) is 54.6 Å². The molecule has 0 aliphatic heterocycles. The van der Waals surface area contributed by atoms with Gasteiger partial charge in [0.05, 0.1) is 11.3 Å². The van der Waals surface area contributed by atoms with E-state index in [0.717, 1.165) is 5.56 Å². The first-order chi connectivity index (χ1) is 13.8. The van der Waals surface area contributed by atoms with Gasteiger partial charge in [-0.3, -0.25) is 19.7 Å². The molecule has 0 spiro atoms. The van der Waals surface area contributed by atoms with E-state index < -0.39 is 11.0 Å². The monoisotopic (exact) mass is 397 g/mol. The molecular formula is C22H27N3O4. The highest BCUT2D eigenvalue weighted by molar-refractivity contribution is 5.88. The highest BCUT2D eigenvalue weighted by Crippen LogP contribution is 2.20. The number of nitro groups is 1. The van der Waals surface area contributed by atoms with Crippen LogP contribution in [0.1, 0.15) is 31.9 Å². The van der Waals surface area contributed by atoms with Gasteiger partial charge in [-0.05, 0) is 18.4 Å². The van der Waals surface area contributed by atoms with E-state index in [4.69, 9.17) is 0 Å². The first kappa shape index (κ1) is 22.1. The third kappa shape index (κ3) is 6.41. The molecule has 2 rings (SSSR count). The van der Waals surface area contributed by atoms with Crippen molar-refractivity contribution >= 4 is 17.5 Å². The summed E-state index contributed by atoms with van der Waals surface area (Å²) in [5.74, 6) is -0.294. The van der Waals surface area contributed by atoms with Gasteiger partial charge in [-0.1, -0.05) is 62.4 Å². The van der Waals surface area contributed by atoms with Crippen molar-refractivity contribution in [3.8, 4) is 0 Å². The normalized spacial score (nSPS) is 11.7. The SMILES string of the molecule is CC(C)CNC(=O)[C@@H](C)N(Cc1ccccc1)C(=O)Cc1ccccc1[N+](=O)[O-]. The third-order valence-corrected chi connectivity index (χ3v) is 4.58. The van der Waals surface area contributed by atoms with Crippen molar-refractivity contribution in [2.45, 2.75) is 39.8 Å². The maximum absolute atomic E-state index is 13.1. The largest absolute Gasteiger partial charge is 0.354 e. The van der Waals surface area contributed by atoms with Crippen LogP contribution >= 0.6 is 0 Å². The Labute approximate surface area is 170 Å². The van der Waals surface area contributed by atoms with E-state index in [2.05, 4.69) is 5.32 Å². The molecule has 0 saturated carbocycles. The van der Waals surface area contributed by atoms with Crippen LogP contribution in [-0.4, -0.2) is 34.2 Å². The number of hydrogen-bond acceptors (Lipinski definition) is 4. The maximum Gasteiger partial charge on any atom is 0.273 e. The molecule has 0 aromatic heterocycles. The van der Waals surface area contributed by atoms with E-state index in [1.807, 2.05) is 44.2 Å². The zero-order valence-electron chi connectivity index (χ0n) is 17.0. The fraction of sp³-hybridized carbons (Fsp3) is 0.364. The second kappa shape index (κ2) is 10.4. The van der Waals surface area contributed by atoms with Crippen LogP contribution in [-0.2, 0) is 22.6 Å². The molecule has 0 heterocycles. The molecule has 7 nitrogen and oxygen atoms in total. The van der Waals surface area contributed by atoms with Gasteiger partial charge in [0.2, 0.25) is 11.8 Å².